The average molecular weight is 220 g/mol. The Labute approximate surface area is 94.8 Å². The van der Waals surface area contributed by atoms with Crippen LogP contribution >= 0.6 is 0 Å². The van der Waals surface area contributed by atoms with Gasteiger partial charge < -0.3 is 15.8 Å². The van der Waals surface area contributed by atoms with Crippen LogP contribution < -0.4 is 11.1 Å². The Balaban J connectivity index is 2.02. The van der Waals surface area contributed by atoms with E-state index in [4.69, 9.17) is 10.5 Å². The third kappa shape index (κ3) is 2.33. The van der Waals surface area contributed by atoms with E-state index in [1.165, 1.54) is 0 Å². The van der Waals surface area contributed by atoms with Crippen molar-refractivity contribution >= 4 is 17.3 Å². The van der Waals surface area contributed by atoms with Crippen molar-refractivity contribution in [1.82, 2.24) is 0 Å². The Hall–Kier alpha value is -1.55. The Morgan fingerprint density at radius 3 is 3.00 bits per heavy atom. The molecule has 1 aromatic carbocycles. The maximum Gasteiger partial charge on any atom is 0.253 e. The molecule has 1 heterocycles. The standard InChI is InChI=1S/C12H16N2O2/c1-8-7-9(4-5-10(8)13)14-12(15)11-3-2-6-16-11/h4-5,7,11H,2-3,6,13H2,1H3,(H,14,15). The minimum absolute atomic E-state index is 0.0679. The number of carbonyl (C=O) groups is 1. The Morgan fingerprint density at radius 2 is 2.38 bits per heavy atom. The quantitative estimate of drug-likeness (QED) is 0.745. The molecule has 3 N–H and O–H groups in total. The van der Waals surface area contributed by atoms with E-state index < -0.39 is 0 Å². The SMILES string of the molecule is Cc1cc(NC(=O)C2CCCO2)ccc1N. The summed E-state index contributed by atoms with van der Waals surface area (Å²) in [5.41, 5.74) is 8.17. The van der Waals surface area contributed by atoms with Crippen molar-refractivity contribution in [2.24, 2.45) is 0 Å². The minimum atomic E-state index is -0.294. The molecule has 1 aliphatic rings. The summed E-state index contributed by atoms with van der Waals surface area (Å²) in [4.78, 5) is 11.7. The summed E-state index contributed by atoms with van der Waals surface area (Å²) < 4.78 is 5.30. The molecule has 1 amide bonds. The van der Waals surface area contributed by atoms with Crippen molar-refractivity contribution in [3.8, 4) is 0 Å². The molecule has 0 aromatic heterocycles. The molecule has 0 bridgehead atoms. The predicted molar refractivity (Wildman–Crippen MR) is 63.2 cm³/mol. The highest BCUT2D eigenvalue weighted by Crippen LogP contribution is 2.18. The molecule has 1 saturated heterocycles. The molecule has 86 valence electrons. The van der Waals surface area contributed by atoms with Gasteiger partial charge in [0.2, 0.25) is 0 Å². The summed E-state index contributed by atoms with van der Waals surface area (Å²) in [6, 6.07) is 5.46. The number of carbonyl (C=O) groups excluding carboxylic acids is 1. The summed E-state index contributed by atoms with van der Waals surface area (Å²) in [6.07, 6.45) is 1.47. The molecule has 0 spiro atoms. The van der Waals surface area contributed by atoms with Gasteiger partial charge in [0.1, 0.15) is 6.10 Å². The fraction of sp³-hybridized carbons (Fsp3) is 0.417. The van der Waals surface area contributed by atoms with Crippen molar-refractivity contribution < 1.29 is 9.53 Å². The number of anilines is 2. The van der Waals surface area contributed by atoms with Crippen LogP contribution in [0.1, 0.15) is 18.4 Å². The van der Waals surface area contributed by atoms with Crippen molar-refractivity contribution in [2.75, 3.05) is 17.7 Å². The number of hydrogen-bond acceptors (Lipinski definition) is 3. The fourth-order valence-corrected chi connectivity index (χ4v) is 1.76. The molecule has 1 atom stereocenters. The molecule has 1 fully saturated rings. The fourth-order valence-electron chi connectivity index (χ4n) is 1.76. The lowest BCUT2D eigenvalue weighted by molar-refractivity contribution is -0.124. The lowest BCUT2D eigenvalue weighted by atomic mass is 10.1. The van der Waals surface area contributed by atoms with Crippen LogP contribution in [0.3, 0.4) is 0 Å². The molecular formula is C12H16N2O2. The van der Waals surface area contributed by atoms with Gasteiger partial charge in [0.15, 0.2) is 0 Å². The smallest absolute Gasteiger partial charge is 0.253 e. The van der Waals surface area contributed by atoms with Gasteiger partial charge in [0.25, 0.3) is 5.91 Å². The molecule has 0 aliphatic carbocycles. The van der Waals surface area contributed by atoms with Crippen LogP contribution in [-0.4, -0.2) is 18.6 Å². The second-order valence-corrected chi connectivity index (χ2v) is 4.06. The highest BCUT2D eigenvalue weighted by atomic mass is 16.5. The first kappa shape index (κ1) is 11.0. The summed E-state index contributed by atoms with van der Waals surface area (Å²) in [5.74, 6) is -0.0679. The van der Waals surface area contributed by atoms with E-state index in [9.17, 15) is 4.79 Å². The number of hydrogen-bond donors (Lipinski definition) is 2. The van der Waals surface area contributed by atoms with Crippen LogP contribution in [0.15, 0.2) is 18.2 Å². The second kappa shape index (κ2) is 4.53. The van der Waals surface area contributed by atoms with Crippen LogP contribution in [0.4, 0.5) is 11.4 Å². The molecule has 1 unspecified atom stereocenters. The van der Waals surface area contributed by atoms with E-state index in [1.807, 2.05) is 13.0 Å². The van der Waals surface area contributed by atoms with Crippen LogP contribution in [0, 0.1) is 6.92 Å². The van der Waals surface area contributed by atoms with Gasteiger partial charge in [0, 0.05) is 18.0 Å². The molecule has 0 radical (unpaired) electrons. The van der Waals surface area contributed by atoms with Crippen molar-refractivity contribution in [3.05, 3.63) is 23.8 Å². The highest BCUT2D eigenvalue weighted by molar-refractivity contribution is 5.94. The van der Waals surface area contributed by atoms with E-state index in [2.05, 4.69) is 5.32 Å². The summed E-state index contributed by atoms with van der Waals surface area (Å²) >= 11 is 0. The monoisotopic (exact) mass is 220 g/mol. The van der Waals surface area contributed by atoms with Crippen LogP contribution in [-0.2, 0) is 9.53 Å². The third-order valence-corrected chi connectivity index (χ3v) is 2.76. The van der Waals surface area contributed by atoms with Crippen LogP contribution in [0.2, 0.25) is 0 Å². The molecule has 1 aromatic rings. The van der Waals surface area contributed by atoms with Crippen molar-refractivity contribution in [2.45, 2.75) is 25.9 Å². The maximum atomic E-state index is 11.7. The number of amides is 1. The largest absolute Gasteiger partial charge is 0.399 e. The van der Waals surface area contributed by atoms with Crippen molar-refractivity contribution in [1.29, 1.82) is 0 Å². The second-order valence-electron chi connectivity index (χ2n) is 4.06. The molecular weight excluding hydrogens is 204 g/mol. The molecule has 4 heteroatoms. The van der Waals surface area contributed by atoms with Gasteiger partial charge in [-0.05, 0) is 43.5 Å². The zero-order valence-corrected chi connectivity index (χ0v) is 9.32. The third-order valence-electron chi connectivity index (χ3n) is 2.76. The number of nitrogen functional groups attached to an aromatic ring is 1. The Bertz CT molecular complexity index is 398. The lowest BCUT2D eigenvalue weighted by Gasteiger charge is -2.11. The van der Waals surface area contributed by atoms with Gasteiger partial charge in [-0.3, -0.25) is 4.79 Å². The van der Waals surface area contributed by atoms with Gasteiger partial charge in [-0.15, -0.1) is 0 Å². The predicted octanol–water partition coefficient (Wildman–Crippen LogP) is 1.69. The maximum absolute atomic E-state index is 11.7. The van der Waals surface area contributed by atoms with Gasteiger partial charge in [0.05, 0.1) is 0 Å². The number of ether oxygens (including phenoxy) is 1. The van der Waals surface area contributed by atoms with E-state index in [1.54, 1.807) is 12.1 Å². The summed E-state index contributed by atoms with van der Waals surface area (Å²) in [7, 11) is 0. The zero-order chi connectivity index (χ0) is 11.5. The normalized spacial score (nSPS) is 19.7. The zero-order valence-electron chi connectivity index (χ0n) is 9.32. The first-order chi connectivity index (χ1) is 7.66. The van der Waals surface area contributed by atoms with E-state index in [-0.39, 0.29) is 12.0 Å². The molecule has 0 saturated carbocycles. The van der Waals surface area contributed by atoms with E-state index in [0.717, 1.165) is 29.8 Å². The van der Waals surface area contributed by atoms with Gasteiger partial charge >= 0.3 is 0 Å². The average Bonchev–Trinajstić information content (AvgIpc) is 2.77. The molecule has 2 rings (SSSR count). The van der Waals surface area contributed by atoms with E-state index >= 15 is 0 Å². The van der Waals surface area contributed by atoms with Crippen LogP contribution in [0.5, 0.6) is 0 Å². The first-order valence-corrected chi connectivity index (χ1v) is 5.45. The number of aryl methyl sites for hydroxylation is 1. The number of rotatable bonds is 2. The Morgan fingerprint density at radius 1 is 1.56 bits per heavy atom. The first-order valence-electron chi connectivity index (χ1n) is 5.45. The highest BCUT2D eigenvalue weighted by Gasteiger charge is 2.23. The minimum Gasteiger partial charge on any atom is -0.399 e. The molecule has 1 aliphatic heterocycles. The number of nitrogens with one attached hydrogen (secondary N) is 1. The Kier molecular flexibility index (Phi) is 3.10. The van der Waals surface area contributed by atoms with Gasteiger partial charge in [-0.2, -0.15) is 0 Å². The molecule has 4 nitrogen and oxygen atoms in total. The van der Waals surface area contributed by atoms with Gasteiger partial charge in [-0.1, -0.05) is 0 Å². The van der Waals surface area contributed by atoms with Crippen LogP contribution in [0.25, 0.3) is 0 Å². The number of benzene rings is 1. The molecule has 16 heavy (non-hydrogen) atoms. The van der Waals surface area contributed by atoms with E-state index in [0.29, 0.717) is 6.61 Å². The van der Waals surface area contributed by atoms with Crippen molar-refractivity contribution in [3.63, 3.8) is 0 Å². The van der Waals surface area contributed by atoms with Gasteiger partial charge in [-0.25, -0.2) is 0 Å². The summed E-state index contributed by atoms with van der Waals surface area (Å²) in [6.45, 7) is 2.59. The topological polar surface area (TPSA) is 64.3 Å². The summed E-state index contributed by atoms with van der Waals surface area (Å²) in [5, 5.41) is 2.83. The lowest BCUT2D eigenvalue weighted by Crippen LogP contribution is -2.26. The number of nitrogens with two attached hydrogens (primary N) is 1.